The highest BCUT2D eigenvalue weighted by Gasteiger charge is 2.02. The Balaban J connectivity index is 2.17. The Morgan fingerprint density at radius 1 is 1.21 bits per heavy atom. The third-order valence-electron chi connectivity index (χ3n) is 3.19. The van der Waals surface area contributed by atoms with Crippen molar-refractivity contribution in [1.82, 2.24) is 0 Å². The predicted octanol–water partition coefficient (Wildman–Crippen LogP) is 5.29. The van der Waals surface area contributed by atoms with E-state index >= 15 is 0 Å². The Labute approximate surface area is 119 Å². The summed E-state index contributed by atoms with van der Waals surface area (Å²) in [4.78, 5) is 0. The minimum absolute atomic E-state index is 0.720. The Bertz CT molecular complexity index is 602. The Kier molecular flexibility index (Phi) is 4.28. The van der Waals surface area contributed by atoms with Gasteiger partial charge in [0, 0.05) is 16.4 Å². The minimum atomic E-state index is 0.720. The van der Waals surface area contributed by atoms with Crippen molar-refractivity contribution in [3.05, 3.63) is 70.8 Å². The van der Waals surface area contributed by atoms with Crippen LogP contribution in [0.1, 0.15) is 23.6 Å². The molecular weight excluding hydrogens is 254 g/mol. The number of nitrogens with one attached hydrogen (secondary N) is 1. The van der Waals surface area contributed by atoms with E-state index in [0.717, 1.165) is 28.4 Å². The second kappa shape index (κ2) is 5.94. The number of hydrogen-bond acceptors (Lipinski definition) is 1. The van der Waals surface area contributed by atoms with E-state index in [0.29, 0.717) is 0 Å². The van der Waals surface area contributed by atoms with Crippen molar-refractivity contribution >= 4 is 23.0 Å². The SMILES string of the molecule is C=C(Nc1ccc(CC)c(C)c1)c1cccc(Cl)c1. The van der Waals surface area contributed by atoms with Gasteiger partial charge < -0.3 is 5.32 Å². The molecule has 0 aromatic heterocycles. The molecule has 0 unspecified atom stereocenters. The summed E-state index contributed by atoms with van der Waals surface area (Å²) in [6.45, 7) is 8.36. The summed E-state index contributed by atoms with van der Waals surface area (Å²) in [6, 6.07) is 14.1. The summed E-state index contributed by atoms with van der Waals surface area (Å²) in [5, 5.41) is 4.04. The molecule has 0 aliphatic carbocycles. The topological polar surface area (TPSA) is 12.0 Å². The van der Waals surface area contributed by atoms with Gasteiger partial charge in [-0.05, 0) is 54.3 Å². The maximum atomic E-state index is 5.99. The van der Waals surface area contributed by atoms with Crippen LogP contribution in [0.25, 0.3) is 5.70 Å². The zero-order valence-corrected chi connectivity index (χ0v) is 12.1. The Hall–Kier alpha value is -1.73. The third kappa shape index (κ3) is 3.39. The monoisotopic (exact) mass is 271 g/mol. The third-order valence-corrected chi connectivity index (χ3v) is 3.43. The summed E-state index contributed by atoms with van der Waals surface area (Å²) >= 11 is 5.99. The molecule has 19 heavy (non-hydrogen) atoms. The van der Waals surface area contributed by atoms with Crippen molar-refractivity contribution in [2.75, 3.05) is 5.32 Å². The zero-order valence-electron chi connectivity index (χ0n) is 11.3. The van der Waals surface area contributed by atoms with Gasteiger partial charge in [0.15, 0.2) is 0 Å². The molecule has 2 aromatic carbocycles. The van der Waals surface area contributed by atoms with Crippen LogP contribution < -0.4 is 5.32 Å². The van der Waals surface area contributed by atoms with Gasteiger partial charge in [-0.3, -0.25) is 0 Å². The van der Waals surface area contributed by atoms with Gasteiger partial charge in [-0.1, -0.05) is 43.3 Å². The first-order chi connectivity index (χ1) is 9.10. The van der Waals surface area contributed by atoms with E-state index in [9.17, 15) is 0 Å². The van der Waals surface area contributed by atoms with Crippen molar-refractivity contribution in [1.29, 1.82) is 0 Å². The van der Waals surface area contributed by atoms with Gasteiger partial charge in [0.05, 0.1) is 0 Å². The maximum absolute atomic E-state index is 5.99. The summed E-state index contributed by atoms with van der Waals surface area (Å²) < 4.78 is 0. The van der Waals surface area contributed by atoms with Gasteiger partial charge in [-0.15, -0.1) is 0 Å². The van der Waals surface area contributed by atoms with E-state index in [4.69, 9.17) is 11.6 Å². The summed E-state index contributed by atoms with van der Waals surface area (Å²) in [5.74, 6) is 0. The fourth-order valence-corrected chi connectivity index (χ4v) is 2.28. The average molecular weight is 272 g/mol. The van der Waals surface area contributed by atoms with Gasteiger partial charge >= 0.3 is 0 Å². The van der Waals surface area contributed by atoms with E-state index in [1.165, 1.54) is 11.1 Å². The molecule has 2 aromatic rings. The molecule has 0 fully saturated rings. The molecule has 0 atom stereocenters. The van der Waals surface area contributed by atoms with Crippen LogP contribution >= 0.6 is 11.6 Å². The van der Waals surface area contributed by atoms with Gasteiger partial charge in [0.1, 0.15) is 0 Å². The summed E-state index contributed by atoms with van der Waals surface area (Å²) in [5.41, 5.74) is 5.58. The molecule has 2 rings (SSSR count). The second-order valence-corrected chi connectivity index (χ2v) is 5.05. The number of anilines is 1. The predicted molar refractivity (Wildman–Crippen MR) is 84.7 cm³/mol. The van der Waals surface area contributed by atoms with Gasteiger partial charge in [-0.2, -0.15) is 0 Å². The molecule has 0 aliphatic rings. The van der Waals surface area contributed by atoms with Gasteiger partial charge in [-0.25, -0.2) is 0 Å². The Morgan fingerprint density at radius 3 is 2.63 bits per heavy atom. The fraction of sp³-hybridized carbons (Fsp3) is 0.176. The molecule has 1 nitrogen and oxygen atoms in total. The number of aryl methyl sites for hydroxylation is 2. The van der Waals surface area contributed by atoms with Crippen LogP contribution in [0.5, 0.6) is 0 Å². The first-order valence-corrected chi connectivity index (χ1v) is 6.79. The van der Waals surface area contributed by atoms with Crippen molar-refractivity contribution in [2.24, 2.45) is 0 Å². The van der Waals surface area contributed by atoms with Crippen LogP contribution in [0, 0.1) is 6.92 Å². The van der Waals surface area contributed by atoms with Crippen LogP contribution in [0.4, 0.5) is 5.69 Å². The van der Waals surface area contributed by atoms with Crippen LogP contribution in [-0.4, -0.2) is 0 Å². The van der Waals surface area contributed by atoms with Crippen LogP contribution in [0.3, 0.4) is 0 Å². The van der Waals surface area contributed by atoms with Gasteiger partial charge in [0.25, 0.3) is 0 Å². The lowest BCUT2D eigenvalue weighted by atomic mass is 10.1. The largest absolute Gasteiger partial charge is 0.356 e. The lowest BCUT2D eigenvalue weighted by molar-refractivity contribution is 1.11. The van der Waals surface area contributed by atoms with E-state index in [1.54, 1.807) is 0 Å². The quantitative estimate of drug-likeness (QED) is 0.796. The lowest BCUT2D eigenvalue weighted by Gasteiger charge is -2.12. The number of halogens is 1. The molecule has 0 amide bonds. The van der Waals surface area contributed by atoms with Crippen molar-refractivity contribution < 1.29 is 0 Å². The molecule has 0 saturated carbocycles. The second-order valence-electron chi connectivity index (χ2n) is 4.61. The molecule has 0 bridgehead atoms. The molecular formula is C17H18ClN. The smallest absolute Gasteiger partial charge is 0.0412 e. The van der Waals surface area contributed by atoms with E-state index in [2.05, 4.69) is 43.9 Å². The first-order valence-electron chi connectivity index (χ1n) is 6.41. The minimum Gasteiger partial charge on any atom is -0.356 e. The highest BCUT2D eigenvalue weighted by Crippen LogP contribution is 2.22. The highest BCUT2D eigenvalue weighted by molar-refractivity contribution is 6.30. The molecule has 0 heterocycles. The molecule has 1 N–H and O–H groups in total. The van der Waals surface area contributed by atoms with Crippen LogP contribution in [0.2, 0.25) is 5.02 Å². The molecule has 0 saturated heterocycles. The van der Waals surface area contributed by atoms with E-state index in [-0.39, 0.29) is 0 Å². The van der Waals surface area contributed by atoms with Gasteiger partial charge in [0.2, 0.25) is 0 Å². The highest BCUT2D eigenvalue weighted by atomic mass is 35.5. The molecule has 0 radical (unpaired) electrons. The molecule has 0 spiro atoms. The normalized spacial score (nSPS) is 10.3. The average Bonchev–Trinajstić information content (AvgIpc) is 2.39. The number of rotatable bonds is 4. The number of benzene rings is 2. The zero-order chi connectivity index (χ0) is 13.8. The van der Waals surface area contributed by atoms with E-state index in [1.807, 2.05) is 24.3 Å². The fourth-order valence-electron chi connectivity index (χ4n) is 2.09. The van der Waals surface area contributed by atoms with Crippen LogP contribution in [0.15, 0.2) is 49.0 Å². The maximum Gasteiger partial charge on any atom is 0.0412 e. The number of hydrogen-bond donors (Lipinski definition) is 1. The van der Waals surface area contributed by atoms with Crippen molar-refractivity contribution in [2.45, 2.75) is 20.3 Å². The Morgan fingerprint density at radius 2 is 2.00 bits per heavy atom. The molecule has 0 aliphatic heterocycles. The summed E-state index contributed by atoms with van der Waals surface area (Å²) in [7, 11) is 0. The molecule has 98 valence electrons. The van der Waals surface area contributed by atoms with Crippen molar-refractivity contribution in [3.8, 4) is 0 Å². The lowest BCUT2D eigenvalue weighted by Crippen LogP contribution is -1.98. The molecule has 2 heteroatoms. The van der Waals surface area contributed by atoms with Crippen molar-refractivity contribution in [3.63, 3.8) is 0 Å². The van der Waals surface area contributed by atoms with Crippen LogP contribution in [-0.2, 0) is 6.42 Å². The van der Waals surface area contributed by atoms with E-state index < -0.39 is 0 Å². The summed E-state index contributed by atoms with van der Waals surface area (Å²) in [6.07, 6.45) is 1.06. The standard InChI is InChI=1S/C17H18ClN/c1-4-14-8-9-17(10-12(14)2)19-13(3)15-6-5-7-16(18)11-15/h5-11,19H,3-4H2,1-2H3. The first kappa shape index (κ1) is 13.7.